The molecule has 0 aliphatic heterocycles. The van der Waals surface area contributed by atoms with E-state index >= 15 is 0 Å². The number of aliphatic hydroxyl groups excluding tert-OH is 1. The fourth-order valence-electron chi connectivity index (χ4n) is 1.02. The van der Waals surface area contributed by atoms with Crippen molar-refractivity contribution in [1.29, 1.82) is 0 Å². The first-order valence-electron chi connectivity index (χ1n) is 3.87. The van der Waals surface area contributed by atoms with Crippen LogP contribution >= 0.6 is 0 Å². The third-order valence-electron chi connectivity index (χ3n) is 1.77. The first-order chi connectivity index (χ1) is 6.86. The lowest BCUT2D eigenvalue weighted by Gasteiger charge is -2.09. The predicted octanol–water partition coefficient (Wildman–Crippen LogP) is 0.280. The van der Waals surface area contributed by atoms with E-state index in [4.69, 9.17) is 9.29 Å². The first-order valence-corrected chi connectivity index (χ1v) is 5.38. The predicted molar refractivity (Wildman–Crippen MR) is 51.2 cm³/mol. The Bertz CT molecular complexity index is 452. The van der Waals surface area contributed by atoms with Gasteiger partial charge in [-0.3, -0.25) is 4.55 Å². The molecule has 0 aliphatic carbocycles. The lowest BCUT2D eigenvalue weighted by molar-refractivity contribution is 0.237. The normalized spacial score (nSPS) is 13.5. The minimum absolute atomic E-state index is 0.00944. The fourth-order valence-corrected chi connectivity index (χ4v) is 1.51. The number of methoxy groups -OCH3 is 1. The zero-order chi connectivity index (χ0) is 11.6. The van der Waals surface area contributed by atoms with Gasteiger partial charge in [-0.15, -0.1) is 0 Å². The Morgan fingerprint density at radius 2 is 2.00 bits per heavy atom. The lowest BCUT2D eigenvalue weighted by atomic mass is 10.2. The molecule has 3 N–H and O–H groups in total. The fraction of sp³-hybridized carbons (Fsp3) is 0.250. The second kappa shape index (κ2) is 4.05. The van der Waals surface area contributed by atoms with Crippen molar-refractivity contribution in [3.8, 4) is 11.5 Å². The van der Waals surface area contributed by atoms with Crippen LogP contribution in [0, 0.1) is 0 Å². The Balaban J connectivity index is 3.17. The smallest absolute Gasteiger partial charge is 0.296 e. The van der Waals surface area contributed by atoms with Crippen LogP contribution in [-0.2, 0) is 10.1 Å². The van der Waals surface area contributed by atoms with Crippen molar-refractivity contribution in [3.63, 3.8) is 0 Å². The van der Waals surface area contributed by atoms with Crippen LogP contribution in [0.15, 0.2) is 18.2 Å². The van der Waals surface area contributed by atoms with E-state index in [1.54, 1.807) is 0 Å². The quantitative estimate of drug-likeness (QED) is 0.649. The minimum Gasteiger partial charge on any atom is -0.504 e. The molecule has 0 spiro atoms. The average molecular weight is 234 g/mol. The number of benzene rings is 1. The number of hydrogen-bond acceptors (Lipinski definition) is 5. The average Bonchev–Trinajstić information content (AvgIpc) is 2.16. The van der Waals surface area contributed by atoms with Crippen LogP contribution in [0.3, 0.4) is 0 Å². The maximum Gasteiger partial charge on any atom is 0.296 e. The van der Waals surface area contributed by atoms with Crippen LogP contribution < -0.4 is 4.74 Å². The molecule has 7 heteroatoms. The highest BCUT2D eigenvalue weighted by Gasteiger charge is 2.22. The second-order valence-electron chi connectivity index (χ2n) is 2.80. The SMILES string of the molecule is COc1cc([C@H](O)S(=O)(=O)O)ccc1O. The van der Waals surface area contributed by atoms with Crippen molar-refractivity contribution < 1.29 is 27.9 Å². The molecule has 0 fully saturated rings. The van der Waals surface area contributed by atoms with E-state index in [1.807, 2.05) is 0 Å². The van der Waals surface area contributed by atoms with Crippen molar-refractivity contribution in [3.05, 3.63) is 23.8 Å². The van der Waals surface area contributed by atoms with E-state index in [9.17, 15) is 18.6 Å². The molecule has 15 heavy (non-hydrogen) atoms. The van der Waals surface area contributed by atoms with Crippen LogP contribution in [0.2, 0.25) is 0 Å². The van der Waals surface area contributed by atoms with Gasteiger partial charge in [0.05, 0.1) is 7.11 Å². The molecule has 0 aliphatic rings. The van der Waals surface area contributed by atoms with Crippen LogP contribution in [0.5, 0.6) is 11.5 Å². The molecule has 0 amide bonds. The lowest BCUT2D eigenvalue weighted by Crippen LogP contribution is -2.11. The summed E-state index contributed by atoms with van der Waals surface area (Å²) in [7, 11) is -3.30. The summed E-state index contributed by atoms with van der Waals surface area (Å²) in [5.41, 5.74) is -2.14. The molecule has 6 nitrogen and oxygen atoms in total. The van der Waals surface area contributed by atoms with E-state index in [2.05, 4.69) is 0 Å². The first kappa shape index (κ1) is 11.8. The van der Waals surface area contributed by atoms with E-state index in [0.717, 1.165) is 18.2 Å². The maximum absolute atomic E-state index is 10.6. The van der Waals surface area contributed by atoms with Gasteiger partial charge in [-0.1, -0.05) is 6.07 Å². The Morgan fingerprint density at radius 3 is 2.47 bits per heavy atom. The van der Waals surface area contributed by atoms with E-state index < -0.39 is 15.6 Å². The molecule has 0 bridgehead atoms. The standard InChI is InChI=1S/C8H10O6S/c1-14-7-4-5(2-3-6(7)9)8(10)15(11,12)13/h2-4,8-10H,1H3,(H,11,12,13)/t8-/m1/s1. The molecular formula is C8H10O6S. The number of hydrogen-bond donors (Lipinski definition) is 3. The Labute approximate surface area is 86.5 Å². The third kappa shape index (κ3) is 2.58. The van der Waals surface area contributed by atoms with E-state index in [1.165, 1.54) is 7.11 Å². The monoisotopic (exact) mass is 234 g/mol. The van der Waals surface area contributed by atoms with Crippen molar-refractivity contribution in [2.75, 3.05) is 7.11 Å². The van der Waals surface area contributed by atoms with Gasteiger partial charge in [-0.05, 0) is 12.1 Å². The number of rotatable bonds is 3. The van der Waals surface area contributed by atoms with Gasteiger partial charge in [-0.25, -0.2) is 0 Å². The maximum atomic E-state index is 10.6. The van der Waals surface area contributed by atoms with E-state index in [0.29, 0.717) is 0 Å². The van der Waals surface area contributed by atoms with Gasteiger partial charge >= 0.3 is 0 Å². The molecule has 0 saturated carbocycles. The summed E-state index contributed by atoms with van der Waals surface area (Å²) in [6.45, 7) is 0. The third-order valence-corrected chi connectivity index (χ3v) is 2.61. The Kier molecular flexibility index (Phi) is 3.18. The minimum atomic E-state index is -4.58. The highest BCUT2D eigenvalue weighted by Crippen LogP contribution is 2.30. The molecule has 0 heterocycles. The summed E-state index contributed by atoms with van der Waals surface area (Å²) in [6.07, 6.45) is 0. The molecule has 1 rings (SSSR count). The Hall–Kier alpha value is -1.31. The summed E-state index contributed by atoms with van der Waals surface area (Å²) in [5, 5.41) is 18.4. The van der Waals surface area contributed by atoms with Crippen molar-refractivity contribution in [2.24, 2.45) is 0 Å². The molecule has 0 radical (unpaired) electrons. The molecule has 0 saturated heterocycles. The summed E-state index contributed by atoms with van der Waals surface area (Å²) >= 11 is 0. The van der Waals surface area contributed by atoms with Gasteiger partial charge in [0.1, 0.15) is 0 Å². The van der Waals surface area contributed by atoms with Crippen LogP contribution in [-0.4, -0.2) is 30.3 Å². The molecule has 0 unspecified atom stereocenters. The second-order valence-corrected chi connectivity index (χ2v) is 4.28. The van der Waals surface area contributed by atoms with Crippen molar-refractivity contribution >= 4 is 10.1 Å². The van der Waals surface area contributed by atoms with Gasteiger partial charge in [0, 0.05) is 5.56 Å². The van der Waals surface area contributed by atoms with Gasteiger partial charge < -0.3 is 14.9 Å². The van der Waals surface area contributed by atoms with Gasteiger partial charge in [0.15, 0.2) is 11.5 Å². The van der Waals surface area contributed by atoms with Crippen molar-refractivity contribution in [1.82, 2.24) is 0 Å². The summed E-state index contributed by atoms with van der Waals surface area (Å²) in [6, 6.07) is 3.44. The number of phenolic OH excluding ortho intramolecular Hbond substituents is 1. The number of ether oxygens (including phenoxy) is 1. The summed E-state index contributed by atoms with van der Waals surface area (Å²) in [4.78, 5) is 0. The Morgan fingerprint density at radius 1 is 1.40 bits per heavy atom. The van der Waals surface area contributed by atoms with Crippen LogP contribution in [0.4, 0.5) is 0 Å². The molecule has 1 aromatic rings. The van der Waals surface area contributed by atoms with Crippen LogP contribution in [0.25, 0.3) is 0 Å². The topological polar surface area (TPSA) is 104 Å². The summed E-state index contributed by atoms with van der Waals surface area (Å²) in [5.74, 6) is -0.181. The number of aromatic hydroxyl groups is 1. The van der Waals surface area contributed by atoms with Gasteiger partial charge in [-0.2, -0.15) is 8.42 Å². The largest absolute Gasteiger partial charge is 0.504 e. The molecule has 84 valence electrons. The molecule has 1 atom stereocenters. The molecular weight excluding hydrogens is 224 g/mol. The number of phenols is 1. The number of aliphatic hydroxyl groups is 1. The molecule has 0 aromatic heterocycles. The highest BCUT2D eigenvalue weighted by atomic mass is 32.2. The van der Waals surface area contributed by atoms with Crippen LogP contribution in [0.1, 0.15) is 11.0 Å². The molecule has 1 aromatic carbocycles. The van der Waals surface area contributed by atoms with Crippen molar-refractivity contribution in [2.45, 2.75) is 5.44 Å². The highest BCUT2D eigenvalue weighted by molar-refractivity contribution is 7.85. The van der Waals surface area contributed by atoms with E-state index in [-0.39, 0.29) is 17.1 Å². The van der Waals surface area contributed by atoms with Gasteiger partial charge in [0.2, 0.25) is 5.44 Å². The van der Waals surface area contributed by atoms with Gasteiger partial charge in [0.25, 0.3) is 10.1 Å². The zero-order valence-electron chi connectivity index (χ0n) is 7.78. The summed E-state index contributed by atoms with van der Waals surface area (Å²) < 4.78 is 34.5. The zero-order valence-corrected chi connectivity index (χ0v) is 8.60.